The summed E-state index contributed by atoms with van der Waals surface area (Å²) >= 11 is 0. The van der Waals surface area contributed by atoms with Crippen LogP contribution < -0.4 is 0 Å². The van der Waals surface area contributed by atoms with Gasteiger partial charge in [-0.25, -0.2) is 4.79 Å². The zero-order valence-corrected chi connectivity index (χ0v) is 11.8. The third-order valence-corrected chi connectivity index (χ3v) is 2.56. The number of carboxylic acids is 1. The molecule has 0 unspecified atom stereocenters. The standard InChI is InChI=1S/C13H17N3O5/c1-10(17)20-9-21-15-14-16(2)12(13(18)19)8-11-6-4-3-5-7-11/h3-7,12H,8-9H2,1-2H3,(H,18,19)/b15-14-/t12-/m0/s1. The molecule has 1 aromatic carbocycles. The van der Waals surface area contributed by atoms with Gasteiger partial charge in [-0.3, -0.25) is 9.80 Å². The molecule has 1 rings (SSSR count). The highest BCUT2D eigenvalue weighted by molar-refractivity contribution is 5.73. The van der Waals surface area contributed by atoms with Gasteiger partial charge in [0, 0.05) is 25.7 Å². The van der Waals surface area contributed by atoms with Gasteiger partial charge < -0.3 is 14.7 Å². The highest BCUT2D eigenvalue weighted by Crippen LogP contribution is 2.09. The maximum absolute atomic E-state index is 11.3. The maximum Gasteiger partial charge on any atom is 0.328 e. The quantitative estimate of drug-likeness (QED) is 0.256. The molecular weight excluding hydrogens is 278 g/mol. The number of rotatable bonds is 8. The second-order valence-corrected chi connectivity index (χ2v) is 4.17. The van der Waals surface area contributed by atoms with Crippen LogP contribution in [-0.2, 0) is 25.6 Å². The molecule has 8 heteroatoms. The molecule has 0 aliphatic rings. The Hall–Kier alpha value is -2.64. The summed E-state index contributed by atoms with van der Waals surface area (Å²) in [6.45, 7) is 0.857. The van der Waals surface area contributed by atoms with E-state index in [0.29, 0.717) is 0 Å². The summed E-state index contributed by atoms with van der Waals surface area (Å²) in [6.07, 6.45) is 0.273. The van der Waals surface area contributed by atoms with E-state index in [-0.39, 0.29) is 13.2 Å². The average molecular weight is 295 g/mol. The fourth-order valence-electron chi connectivity index (χ4n) is 1.50. The van der Waals surface area contributed by atoms with E-state index in [1.165, 1.54) is 19.0 Å². The van der Waals surface area contributed by atoms with Gasteiger partial charge in [0.15, 0.2) is 0 Å². The van der Waals surface area contributed by atoms with Crippen molar-refractivity contribution in [2.75, 3.05) is 13.8 Å². The van der Waals surface area contributed by atoms with Crippen molar-refractivity contribution >= 4 is 11.9 Å². The first-order valence-corrected chi connectivity index (χ1v) is 6.16. The number of nitrogens with zero attached hydrogens (tertiary/aromatic N) is 3. The van der Waals surface area contributed by atoms with E-state index in [1.807, 2.05) is 30.3 Å². The molecule has 1 N–H and O–H groups in total. The van der Waals surface area contributed by atoms with Crippen LogP contribution in [0.2, 0.25) is 0 Å². The SMILES string of the molecule is CC(=O)OCO/N=N\N(C)[C@@H](Cc1ccccc1)C(=O)O. The summed E-state index contributed by atoms with van der Waals surface area (Å²) in [7, 11) is 1.47. The minimum absolute atomic E-state index is 0.273. The van der Waals surface area contributed by atoms with Crippen molar-refractivity contribution in [3.05, 3.63) is 35.9 Å². The smallest absolute Gasteiger partial charge is 0.328 e. The van der Waals surface area contributed by atoms with Crippen molar-refractivity contribution in [1.29, 1.82) is 0 Å². The lowest BCUT2D eigenvalue weighted by Gasteiger charge is -2.20. The van der Waals surface area contributed by atoms with Crippen LogP contribution in [0.1, 0.15) is 12.5 Å². The predicted octanol–water partition coefficient (Wildman–Crippen LogP) is 1.43. The molecule has 0 aromatic heterocycles. The number of esters is 1. The van der Waals surface area contributed by atoms with E-state index >= 15 is 0 Å². The van der Waals surface area contributed by atoms with Crippen LogP contribution in [0, 0.1) is 0 Å². The maximum atomic E-state index is 11.3. The first-order chi connectivity index (χ1) is 10.0. The molecule has 0 heterocycles. The van der Waals surface area contributed by atoms with E-state index in [9.17, 15) is 14.7 Å². The minimum Gasteiger partial charge on any atom is -0.480 e. The van der Waals surface area contributed by atoms with Gasteiger partial charge in [0.2, 0.25) is 0 Å². The zero-order valence-electron chi connectivity index (χ0n) is 11.8. The summed E-state index contributed by atoms with van der Waals surface area (Å²) in [5, 5.41) is 17.3. The summed E-state index contributed by atoms with van der Waals surface area (Å²) < 4.78 is 4.48. The largest absolute Gasteiger partial charge is 0.480 e. The number of carbonyl (C=O) groups excluding carboxylic acids is 1. The molecule has 1 atom stereocenters. The fraction of sp³-hybridized carbons (Fsp3) is 0.385. The zero-order chi connectivity index (χ0) is 15.7. The van der Waals surface area contributed by atoms with Gasteiger partial charge in [-0.05, 0) is 10.8 Å². The van der Waals surface area contributed by atoms with E-state index in [2.05, 4.69) is 20.1 Å². The Balaban J connectivity index is 2.53. The Morgan fingerprint density at radius 3 is 2.57 bits per heavy atom. The molecule has 0 amide bonds. The second kappa shape index (κ2) is 8.51. The molecule has 0 saturated carbocycles. The second-order valence-electron chi connectivity index (χ2n) is 4.17. The Bertz CT molecular complexity index is 492. The van der Waals surface area contributed by atoms with Crippen molar-refractivity contribution in [2.45, 2.75) is 19.4 Å². The molecule has 0 saturated heterocycles. The number of hydrogen-bond acceptors (Lipinski definition) is 6. The summed E-state index contributed by atoms with van der Waals surface area (Å²) in [4.78, 5) is 26.3. The van der Waals surface area contributed by atoms with E-state index in [1.54, 1.807) is 0 Å². The van der Waals surface area contributed by atoms with Gasteiger partial charge >= 0.3 is 11.9 Å². The topological polar surface area (TPSA) is 101 Å². The Kier molecular flexibility index (Phi) is 6.66. The molecule has 8 nitrogen and oxygen atoms in total. The Labute approximate surface area is 121 Å². The van der Waals surface area contributed by atoms with Crippen LogP contribution in [0.3, 0.4) is 0 Å². The van der Waals surface area contributed by atoms with Crippen LogP contribution in [0.25, 0.3) is 0 Å². The normalized spacial score (nSPS) is 11.9. The highest BCUT2D eigenvalue weighted by atomic mass is 16.8. The van der Waals surface area contributed by atoms with Gasteiger partial charge in [-0.1, -0.05) is 30.3 Å². The number of benzene rings is 1. The van der Waals surface area contributed by atoms with Gasteiger partial charge in [-0.2, -0.15) is 0 Å². The van der Waals surface area contributed by atoms with E-state index in [0.717, 1.165) is 5.56 Å². The van der Waals surface area contributed by atoms with Crippen LogP contribution in [0.4, 0.5) is 0 Å². The number of aliphatic carboxylic acids is 1. The molecule has 0 radical (unpaired) electrons. The molecule has 0 aliphatic carbocycles. The van der Waals surface area contributed by atoms with Crippen molar-refractivity contribution in [3.63, 3.8) is 0 Å². The van der Waals surface area contributed by atoms with Crippen molar-refractivity contribution < 1.29 is 24.3 Å². The lowest BCUT2D eigenvalue weighted by atomic mass is 10.1. The molecule has 0 spiro atoms. The summed E-state index contributed by atoms with van der Waals surface area (Å²) in [6, 6.07) is 8.30. The van der Waals surface area contributed by atoms with Crippen molar-refractivity contribution in [1.82, 2.24) is 5.01 Å². The molecule has 0 bridgehead atoms. The van der Waals surface area contributed by atoms with E-state index < -0.39 is 18.0 Å². The highest BCUT2D eigenvalue weighted by Gasteiger charge is 2.22. The number of likely N-dealkylation sites (N-methyl/N-ethyl adjacent to an activating group) is 1. The first kappa shape index (κ1) is 16.4. The lowest BCUT2D eigenvalue weighted by Crippen LogP contribution is -2.36. The van der Waals surface area contributed by atoms with Crippen LogP contribution in [0.15, 0.2) is 40.8 Å². The summed E-state index contributed by atoms with van der Waals surface area (Å²) in [5.41, 5.74) is 0.868. The monoisotopic (exact) mass is 295 g/mol. The van der Waals surface area contributed by atoms with Gasteiger partial charge in [-0.15, -0.1) is 0 Å². The van der Waals surface area contributed by atoms with Crippen LogP contribution in [-0.4, -0.2) is 41.9 Å². The first-order valence-electron chi connectivity index (χ1n) is 6.16. The lowest BCUT2D eigenvalue weighted by molar-refractivity contribution is -0.155. The van der Waals surface area contributed by atoms with Crippen molar-refractivity contribution in [2.24, 2.45) is 10.5 Å². The third-order valence-electron chi connectivity index (χ3n) is 2.56. The number of ether oxygens (including phenoxy) is 1. The van der Waals surface area contributed by atoms with Gasteiger partial charge in [0.25, 0.3) is 6.79 Å². The molecule has 114 valence electrons. The Morgan fingerprint density at radius 1 is 1.33 bits per heavy atom. The third kappa shape index (κ3) is 6.37. The van der Waals surface area contributed by atoms with Crippen LogP contribution in [0.5, 0.6) is 0 Å². The van der Waals surface area contributed by atoms with E-state index in [4.69, 9.17) is 0 Å². The molecular formula is C13H17N3O5. The van der Waals surface area contributed by atoms with Gasteiger partial charge in [0.05, 0.1) is 0 Å². The average Bonchev–Trinajstić information content (AvgIpc) is 2.44. The molecule has 21 heavy (non-hydrogen) atoms. The fourth-order valence-corrected chi connectivity index (χ4v) is 1.50. The van der Waals surface area contributed by atoms with Crippen LogP contribution >= 0.6 is 0 Å². The van der Waals surface area contributed by atoms with Gasteiger partial charge in [0.1, 0.15) is 6.04 Å². The number of carbonyl (C=O) groups is 2. The molecule has 0 aliphatic heterocycles. The molecule has 1 aromatic rings. The summed E-state index contributed by atoms with van der Waals surface area (Å²) in [5.74, 6) is -1.54. The Morgan fingerprint density at radius 2 is 2.00 bits per heavy atom. The minimum atomic E-state index is -1.03. The van der Waals surface area contributed by atoms with Crippen molar-refractivity contribution in [3.8, 4) is 0 Å². The predicted molar refractivity (Wildman–Crippen MR) is 71.9 cm³/mol. The molecule has 0 fully saturated rings. The number of hydrogen-bond donors (Lipinski definition) is 1. The number of carboxylic acid groups (broad SMARTS) is 1.